The lowest BCUT2D eigenvalue weighted by Gasteiger charge is -2.37. The van der Waals surface area contributed by atoms with Gasteiger partial charge >= 0.3 is 5.69 Å². The second-order valence-corrected chi connectivity index (χ2v) is 11.0. The molecule has 1 fully saturated rings. The first-order chi connectivity index (χ1) is 21.4. The van der Waals surface area contributed by atoms with E-state index in [1.54, 1.807) is 37.4 Å². The van der Waals surface area contributed by atoms with Crippen LogP contribution in [0.3, 0.4) is 0 Å². The Morgan fingerprint density at radius 1 is 1.09 bits per heavy atom. The minimum absolute atomic E-state index is 0.101. The van der Waals surface area contributed by atoms with E-state index in [9.17, 15) is 18.8 Å². The third kappa shape index (κ3) is 6.77. The van der Waals surface area contributed by atoms with Crippen molar-refractivity contribution in [3.63, 3.8) is 0 Å². The molecule has 1 aliphatic heterocycles. The molecule has 1 saturated heterocycles. The van der Waals surface area contributed by atoms with Gasteiger partial charge in [-0.3, -0.25) is 14.5 Å². The number of nitrogens with one attached hydrogen (secondary N) is 2. The van der Waals surface area contributed by atoms with Crippen molar-refractivity contribution in [3.05, 3.63) is 98.2 Å². The number of nitrogen functional groups attached to an aromatic ring is 1. The summed E-state index contributed by atoms with van der Waals surface area (Å²) in [7, 11) is 1.31. The average molecular weight is 613 g/mol. The van der Waals surface area contributed by atoms with Crippen molar-refractivity contribution in [2.45, 2.75) is 26.3 Å². The van der Waals surface area contributed by atoms with Gasteiger partial charge in [-0.2, -0.15) is 5.10 Å². The molecular weight excluding hydrogens is 579 g/mol. The van der Waals surface area contributed by atoms with Gasteiger partial charge in [-0.15, -0.1) is 0 Å². The molecule has 2 aromatic heterocycles. The van der Waals surface area contributed by atoms with Crippen molar-refractivity contribution in [2.75, 3.05) is 37.2 Å². The molecule has 1 amide bonds. The van der Waals surface area contributed by atoms with E-state index in [1.807, 2.05) is 0 Å². The maximum Gasteiger partial charge on any atom is 0.351 e. The van der Waals surface area contributed by atoms with E-state index < -0.39 is 28.7 Å². The number of nitrogens with zero attached hydrogens (tertiary/aromatic N) is 5. The van der Waals surface area contributed by atoms with Gasteiger partial charge in [0.25, 0.3) is 11.5 Å². The second-order valence-electron chi connectivity index (χ2n) is 11.0. The van der Waals surface area contributed by atoms with Crippen LogP contribution in [0.2, 0.25) is 0 Å². The number of anilines is 2. The van der Waals surface area contributed by atoms with Gasteiger partial charge in [-0.1, -0.05) is 11.8 Å². The minimum atomic E-state index is -0.942. The van der Waals surface area contributed by atoms with Crippen LogP contribution in [0.25, 0.3) is 5.69 Å². The van der Waals surface area contributed by atoms with Crippen LogP contribution in [0.4, 0.5) is 15.9 Å². The smallest absolute Gasteiger partial charge is 0.351 e. The van der Waals surface area contributed by atoms with E-state index in [-0.39, 0.29) is 17.0 Å². The zero-order valence-corrected chi connectivity index (χ0v) is 25.3. The second kappa shape index (κ2) is 12.7. The highest BCUT2D eigenvalue weighted by molar-refractivity contribution is 6.02. The van der Waals surface area contributed by atoms with Crippen LogP contribution in [0.1, 0.15) is 35.5 Å². The zero-order valence-electron chi connectivity index (χ0n) is 25.3. The normalized spacial score (nSPS) is 13.5. The lowest BCUT2D eigenvalue weighted by Crippen LogP contribution is -2.52. The summed E-state index contributed by atoms with van der Waals surface area (Å²) >= 11 is 0. The molecule has 4 aromatic rings. The first-order valence-corrected chi connectivity index (χ1v) is 14.2. The number of benzene rings is 2. The van der Waals surface area contributed by atoms with Crippen LogP contribution < -0.4 is 32.4 Å². The standard InChI is InChI=1S/C32H33FN8O4/c1-20-19-22(37-29(42)27-30(43)41(31(44)39(4)38-27)23-8-5-21(33)6-9-23)7-10-25(20)45-26-12-14-36-28(34)24(26)11-13-32(2,3)40-17-15-35-16-18-40/h5-10,12,14,19,35H,15-18H2,1-4H3,(H2,34,36)(H,37,42). The van der Waals surface area contributed by atoms with Crippen LogP contribution >= 0.6 is 0 Å². The molecule has 0 bridgehead atoms. The number of amides is 1. The summed E-state index contributed by atoms with van der Waals surface area (Å²) in [6.07, 6.45) is 1.54. The van der Waals surface area contributed by atoms with Gasteiger partial charge in [0.2, 0.25) is 5.69 Å². The molecule has 1 aliphatic rings. The molecule has 13 heteroatoms. The van der Waals surface area contributed by atoms with E-state index in [2.05, 4.69) is 51.3 Å². The number of pyridine rings is 1. The number of aryl methyl sites for hydroxylation is 2. The Morgan fingerprint density at radius 2 is 1.80 bits per heavy atom. The van der Waals surface area contributed by atoms with Crippen LogP contribution in [-0.4, -0.2) is 61.9 Å². The minimum Gasteiger partial charge on any atom is -0.456 e. The number of piperazine rings is 1. The highest BCUT2D eigenvalue weighted by atomic mass is 19.1. The average Bonchev–Trinajstić information content (AvgIpc) is 3.01. The predicted molar refractivity (Wildman–Crippen MR) is 168 cm³/mol. The summed E-state index contributed by atoms with van der Waals surface area (Å²) in [6, 6.07) is 11.4. The maximum atomic E-state index is 13.4. The Bertz CT molecular complexity index is 1930. The van der Waals surface area contributed by atoms with Gasteiger partial charge in [-0.05, 0) is 68.8 Å². The number of nitrogens with two attached hydrogens (primary N) is 1. The van der Waals surface area contributed by atoms with Crippen molar-refractivity contribution >= 4 is 17.4 Å². The van der Waals surface area contributed by atoms with Gasteiger partial charge in [0.05, 0.1) is 11.2 Å². The van der Waals surface area contributed by atoms with Gasteiger partial charge < -0.3 is 21.1 Å². The van der Waals surface area contributed by atoms with E-state index in [0.717, 1.165) is 47.6 Å². The van der Waals surface area contributed by atoms with Gasteiger partial charge in [0, 0.05) is 51.2 Å². The Hall–Kier alpha value is -5.32. The van der Waals surface area contributed by atoms with Crippen molar-refractivity contribution in [2.24, 2.45) is 7.05 Å². The Labute approximate surface area is 258 Å². The lowest BCUT2D eigenvalue weighted by atomic mass is 10.0. The SMILES string of the molecule is Cc1cc(NC(=O)c2nn(C)c(=O)n(-c3ccc(F)cc3)c2=O)ccc1Oc1ccnc(N)c1C#CC(C)(C)N1CCNCC1. The lowest BCUT2D eigenvalue weighted by molar-refractivity contribution is 0.101. The first kappa shape index (κ1) is 31.1. The number of aromatic nitrogens is 4. The number of hydrogen-bond acceptors (Lipinski definition) is 9. The van der Waals surface area contributed by atoms with E-state index in [1.165, 1.54) is 19.2 Å². The molecule has 2 aromatic carbocycles. The van der Waals surface area contributed by atoms with E-state index in [4.69, 9.17) is 10.5 Å². The highest BCUT2D eigenvalue weighted by Crippen LogP contribution is 2.31. The molecule has 232 valence electrons. The fourth-order valence-electron chi connectivity index (χ4n) is 4.87. The monoisotopic (exact) mass is 612 g/mol. The molecule has 12 nitrogen and oxygen atoms in total. The summed E-state index contributed by atoms with van der Waals surface area (Å²) in [5.74, 6) is 6.31. The quantitative estimate of drug-likeness (QED) is 0.279. The van der Waals surface area contributed by atoms with Gasteiger partial charge in [0.15, 0.2) is 0 Å². The van der Waals surface area contributed by atoms with Crippen LogP contribution in [0.15, 0.2) is 64.3 Å². The Morgan fingerprint density at radius 3 is 2.49 bits per heavy atom. The summed E-state index contributed by atoms with van der Waals surface area (Å²) in [6.45, 7) is 9.51. The summed E-state index contributed by atoms with van der Waals surface area (Å²) < 4.78 is 21.3. The molecule has 0 unspecified atom stereocenters. The zero-order chi connectivity index (χ0) is 32.3. The number of hydrogen-bond donors (Lipinski definition) is 3. The summed E-state index contributed by atoms with van der Waals surface area (Å²) in [5, 5.41) is 9.87. The van der Waals surface area contributed by atoms with Crippen molar-refractivity contribution in [3.8, 4) is 29.0 Å². The van der Waals surface area contributed by atoms with Crippen molar-refractivity contribution < 1.29 is 13.9 Å². The number of ether oxygens (including phenoxy) is 1. The van der Waals surface area contributed by atoms with E-state index >= 15 is 0 Å². The van der Waals surface area contributed by atoms with Crippen LogP contribution in [-0.2, 0) is 7.05 Å². The molecule has 45 heavy (non-hydrogen) atoms. The Kier molecular flexibility index (Phi) is 8.80. The van der Waals surface area contributed by atoms with Crippen LogP contribution in [0, 0.1) is 24.6 Å². The largest absolute Gasteiger partial charge is 0.456 e. The third-order valence-electron chi connectivity index (χ3n) is 7.42. The molecule has 3 heterocycles. The molecule has 0 radical (unpaired) electrons. The maximum absolute atomic E-state index is 13.4. The van der Waals surface area contributed by atoms with Gasteiger partial charge in [0.1, 0.15) is 28.7 Å². The summed E-state index contributed by atoms with van der Waals surface area (Å²) in [5.41, 5.74) is 5.17. The first-order valence-electron chi connectivity index (χ1n) is 14.2. The molecule has 4 N–H and O–H groups in total. The topological polar surface area (TPSA) is 149 Å². The number of carbonyl (C=O) groups excluding carboxylic acids is 1. The molecule has 0 aliphatic carbocycles. The van der Waals surface area contributed by atoms with Crippen molar-refractivity contribution in [1.82, 2.24) is 29.5 Å². The predicted octanol–water partition coefficient (Wildman–Crippen LogP) is 2.44. The highest BCUT2D eigenvalue weighted by Gasteiger charge is 2.26. The van der Waals surface area contributed by atoms with E-state index in [0.29, 0.717) is 28.3 Å². The van der Waals surface area contributed by atoms with Crippen LogP contribution in [0.5, 0.6) is 11.5 Å². The molecule has 5 rings (SSSR count). The molecule has 0 atom stereocenters. The fraction of sp³-hybridized carbons (Fsp3) is 0.281. The number of halogens is 1. The molecule has 0 spiro atoms. The fourth-order valence-corrected chi connectivity index (χ4v) is 4.87. The number of rotatable bonds is 6. The number of carbonyl (C=O) groups is 1. The van der Waals surface area contributed by atoms with Gasteiger partial charge in [-0.25, -0.2) is 23.4 Å². The third-order valence-corrected chi connectivity index (χ3v) is 7.42. The van der Waals surface area contributed by atoms with Crippen molar-refractivity contribution in [1.29, 1.82) is 0 Å². The summed E-state index contributed by atoms with van der Waals surface area (Å²) in [4.78, 5) is 45.4. The Balaban J connectivity index is 1.37. The molecular formula is C32H33FN8O4. The molecule has 0 saturated carbocycles.